The Morgan fingerprint density at radius 2 is 2.43 bits per heavy atom. The van der Waals surface area contributed by atoms with E-state index in [-0.39, 0.29) is 5.78 Å². The Kier molecular flexibility index (Phi) is 4.28. The topological polar surface area (TPSA) is 46.9 Å². The van der Waals surface area contributed by atoms with E-state index in [0.717, 1.165) is 17.4 Å². The summed E-state index contributed by atoms with van der Waals surface area (Å²) in [6.45, 7) is 3.17. The van der Waals surface area contributed by atoms with Crippen LogP contribution in [0.15, 0.2) is 10.7 Å². The lowest BCUT2D eigenvalue weighted by atomic mass is 10.3. The fraction of sp³-hybridized carbons (Fsp3) is 0.556. The molecule has 5 heteroatoms. The largest absolute Gasteiger partial charge is 0.313 e. The molecule has 0 aliphatic carbocycles. The third-order valence-electron chi connectivity index (χ3n) is 1.83. The molecule has 1 rings (SSSR count). The highest BCUT2D eigenvalue weighted by atomic mass is 79.9. The van der Waals surface area contributed by atoms with Crippen molar-refractivity contribution >= 4 is 21.7 Å². The lowest BCUT2D eigenvalue weighted by Gasteiger charge is -2.05. The predicted molar refractivity (Wildman–Crippen MR) is 58.5 cm³/mol. The van der Waals surface area contributed by atoms with Gasteiger partial charge in [-0.15, -0.1) is 0 Å². The van der Waals surface area contributed by atoms with Gasteiger partial charge in [0.2, 0.25) is 0 Å². The van der Waals surface area contributed by atoms with Crippen LogP contribution in [-0.2, 0) is 6.54 Å². The average Bonchev–Trinajstić information content (AvgIpc) is 2.48. The van der Waals surface area contributed by atoms with E-state index in [1.807, 2.05) is 0 Å². The van der Waals surface area contributed by atoms with Crippen LogP contribution in [0, 0.1) is 0 Å². The Labute approximate surface area is 91.8 Å². The molecule has 0 amide bonds. The summed E-state index contributed by atoms with van der Waals surface area (Å²) in [7, 11) is 1.76. The highest BCUT2D eigenvalue weighted by molar-refractivity contribution is 9.10. The van der Waals surface area contributed by atoms with Gasteiger partial charge in [-0.2, -0.15) is 5.10 Å². The number of nitrogens with zero attached hydrogens (tertiary/aromatic N) is 2. The molecule has 0 spiro atoms. The predicted octanol–water partition coefficient (Wildman–Crippen LogP) is 1.46. The van der Waals surface area contributed by atoms with Crippen molar-refractivity contribution < 1.29 is 4.79 Å². The van der Waals surface area contributed by atoms with Crippen LogP contribution >= 0.6 is 15.9 Å². The molecule has 1 N–H and O–H groups in total. The molecule has 0 saturated heterocycles. The molecule has 0 atom stereocenters. The van der Waals surface area contributed by atoms with E-state index in [4.69, 9.17) is 0 Å². The molecule has 0 aromatic carbocycles. The van der Waals surface area contributed by atoms with E-state index >= 15 is 0 Å². The zero-order valence-corrected chi connectivity index (χ0v) is 9.97. The summed E-state index contributed by atoms with van der Waals surface area (Å²) in [4.78, 5) is 11.7. The van der Waals surface area contributed by atoms with Crippen molar-refractivity contribution in [3.63, 3.8) is 0 Å². The summed E-state index contributed by atoms with van der Waals surface area (Å²) in [5, 5.41) is 6.97. The molecule has 1 heterocycles. The molecular formula is C9H14BrN3O. The number of Topliss-reactive ketones (excluding diaryl/α,β-unsaturated/α-hetero) is 1. The van der Waals surface area contributed by atoms with E-state index in [0.29, 0.717) is 12.2 Å². The number of aryl methyl sites for hydroxylation is 1. The van der Waals surface area contributed by atoms with E-state index < -0.39 is 0 Å². The zero-order chi connectivity index (χ0) is 10.6. The Bertz CT molecular complexity index is 322. The molecule has 0 unspecified atom stereocenters. The summed E-state index contributed by atoms with van der Waals surface area (Å²) in [5.74, 6) is 0.0605. The quantitative estimate of drug-likeness (QED) is 0.815. The van der Waals surface area contributed by atoms with Crippen molar-refractivity contribution in [1.29, 1.82) is 0 Å². The third kappa shape index (κ3) is 2.42. The number of likely N-dealkylation sites (N-methyl/N-ethyl adjacent to an activating group) is 1. The van der Waals surface area contributed by atoms with Crippen LogP contribution in [0.3, 0.4) is 0 Å². The first-order valence-corrected chi connectivity index (χ1v) is 5.39. The summed E-state index contributed by atoms with van der Waals surface area (Å²) >= 11 is 3.33. The van der Waals surface area contributed by atoms with Crippen LogP contribution in [-0.4, -0.2) is 29.2 Å². The van der Waals surface area contributed by atoms with Gasteiger partial charge < -0.3 is 5.32 Å². The average molecular weight is 260 g/mol. The Morgan fingerprint density at radius 1 is 1.71 bits per heavy atom. The number of hydrogen-bond donors (Lipinski definition) is 1. The summed E-state index contributed by atoms with van der Waals surface area (Å²) in [6.07, 6.45) is 2.63. The highest BCUT2D eigenvalue weighted by Crippen LogP contribution is 2.16. The number of ketones is 1. The molecule has 0 saturated carbocycles. The second-order valence-electron chi connectivity index (χ2n) is 3.02. The minimum atomic E-state index is 0.0605. The van der Waals surface area contributed by atoms with Gasteiger partial charge in [-0.3, -0.25) is 9.48 Å². The first-order valence-electron chi connectivity index (χ1n) is 4.59. The Balaban J connectivity index is 2.92. The molecule has 0 radical (unpaired) electrons. The fourth-order valence-electron chi connectivity index (χ4n) is 1.27. The molecule has 0 bridgehead atoms. The van der Waals surface area contributed by atoms with Crippen LogP contribution in [0.25, 0.3) is 0 Å². The zero-order valence-electron chi connectivity index (χ0n) is 8.38. The van der Waals surface area contributed by atoms with Crippen LogP contribution in [0.2, 0.25) is 0 Å². The number of halogens is 1. The molecule has 1 aromatic rings. The van der Waals surface area contributed by atoms with Gasteiger partial charge in [0.05, 0.1) is 17.2 Å². The summed E-state index contributed by atoms with van der Waals surface area (Å²) < 4.78 is 2.51. The van der Waals surface area contributed by atoms with Crippen LogP contribution in [0.5, 0.6) is 0 Å². The molecule has 14 heavy (non-hydrogen) atoms. The second kappa shape index (κ2) is 5.26. The number of aromatic nitrogens is 2. The number of carbonyl (C=O) groups is 1. The third-order valence-corrected chi connectivity index (χ3v) is 2.41. The fourth-order valence-corrected chi connectivity index (χ4v) is 1.78. The lowest BCUT2D eigenvalue weighted by Crippen LogP contribution is -2.22. The van der Waals surface area contributed by atoms with E-state index in [1.54, 1.807) is 17.9 Å². The lowest BCUT2D eigenvalue weighted by molar-refractivity contribution is 0.0982. The SMILES string of the molecule is CCCn1ncc(Br)c1C(=O)CNC. The molecule has 0 aliphatic heterocycles. The first-order chi connectivity index (χ1) is 6.70. The maximum atomic E-state index is 11.7. The van der Waals surface area contributed by atoms with Crippen LogP contribution in [0.1, 0.15) is 23.8 Å². The minimum Gasteiger partial charge on any atom is -0.313 e. The van der Waals surface area contributed by atoms with Crippen molar-refractivity contribution in [2.75, 3.05) is 13.6 Å². The molecule has 0 fully saturated rings. The Hall–Kier alpha value is -0.680. The van der Waals surface area contributed by atoms with Crippen molar-refractivity contribution in [2.24, 2.45) is 0 Å². The maximum absolute atomic E-state index is 11.7. The number of nitrogens with one attached hydrogen (secondary N) is 1. The van der Waals surface area contributed by atoms with Crippen LogP contribution < -0.4 is 5.32 Å². The highest BCUT2D eigenvalue weighted by Gasteiger charge is 2.15. The normalized spacial score (nSPS) is 10.5. The number of hydrogen-bond acceptors (Lipinski definition) is 3. The molecular weight excluding hydrogens is 246 g/mol. The van der Waals surface area contributed by atoms with Crippen molar-refractivity contribution in [3.8, 4) is 0 Å². The van der Waals surface area contributed by atoms with Gasteiger partial charge >= 0.3 is 0 Å². The maximum Gasteiger partial charge on any atom is 0.195 e. The van der Waals surface area contributed by atoms with Gasteiger partial charge in [0, 0.05) is 6.54 Å². The summed E-state index contributed by atoms with van der Waals surface area (Å²) in [5.41, 5.74) is 0.654. The molecule has 0 aliphatic rings. The van der Waals surface area contributed by atoms with E-state index in [2.05, 4.69) is 33.3 Å². The standard InChI is InChI=1S/C9H14BrN3O/c1-3-4-13-9(7(10)5-12-13)8(14)6-11-2/h5,11H,3-4,6H2,1-2H3. The van der Waals surface area contributed by atoms with Crippen molar-refractivity contribution in [1.82, 2.24) is 15.1 Å². The number of rotatable bonds is 5. The summed E-state index contributed by atoms with van der Waals surface area (Å²) in [6, 6.07) is 0. The first kappa shape index (κ1) is 11.4. The smallest absolute Gasteiger partial charge is 0.195 e. The van der Waals surface area contributed by atoms with Gasteiger partial charge in [-0.05, 0) is 29.4 Å². The number of carbonyl (C=O) groups excluding carboxylic acids is 1. The molecule has 1 aromatic heterocycles. The van der Waals surface area contributed by atoms with E-state index in [1.165, 1.54) is 0 Å². The van der Waals surface area contributed by atoms with Gasteiger partial charge in [0.25, 0.3) is 0 Å². The van der Waals surface area contributed by atoms with Gasteiger partial charge in [0.15, 0.2) is 5.78 Å². The van der Waals surface area contributed by atoms with Crippen molar-refractivity contribution in [2.45, 2.75) is 19.9 Å². The van der Waals surface area contributed by atoms with Crippen molar-refractivity contribution in [3.05, 3.63) is 16.4 Å². The van der Waals surface area contributed by atoms with Gasteiger partial charge in [-0.1, -0.05) is 6.92 Å². The van der Waals surface area contributed by atoms with Crippen LogP contribution in [0.4, 0.5) is 0 Å². The minimum absolute atomic E-state index is 0.0605. The van der Waals surface area contributed by atoms with Gasteiger partial charge in [0.1, 0.15) is 5.69 Å². The van der Waals surface area contributed by atoms with Gasteiger partial charge in [-0.25, -0.2) is 0 Å². The second-order valence-corrected chi connectivity index (χ2v) is 3.87. The molecule has 78 valence electrons. The van der Waals surface area contributed by atoms with E-state index in [9.17, 15) is 4.79 Å². The Morgan fingerprint density at radius 3 is 3.00 bits per heavy atom. The molecule has 4 nitrogen and oxygen atoms in total. The monoisotopic (exact) mass is 259 g/mol.